The largest absolute Gasteiger partial charge is 2.00 e. The maximum Gasteiger partial charge on any atom is 2.00 e. The van der Waals surface area contributed by atoms with E-state index in [4.69, 9.17) is 0 Å². The number of hydrogen-bond acceptors (Lipinski definition) is 0. The van der Waals surface area contributed by atoms with Gasteiger partial charge in [-0.05, 0) is 0 Å². The van der Waals surface area contributed by atoms with Gasteiger partial charge in [0.1, 0.15) is 0 Å². The van der Waals surface area contributed by atoms with Gasteiger partial charge in [-0.1, -0.05) is 13.8 Å². The third-order valence-corrected chi connectivity index (χ3v) is 1.17. The van der Waals surface area contributed by atoms with Crippen LogP contribution in [0.2, 0.25) is 0 Å². The van der Waals surface area contributed by atoms with Gasteiger partial charge in [-0.25, -0.2) is 24.3 Å². The van der Waals surface area contributed by atoms with Gasteiger partial charge in [0.15, 0.2) is 0 Å². The standard InChI is InChI=1S/2C5H5.C2H6.Ti/c2*1-2-4-5-3-1;1-2;/h2*1-3H,4H2;1-2H3;/q2*-1;;+2. The minimum atomic E-state index is 0. The molecule has 0 aromatic heterocycles. The van der Waals surface area contributed by atoms with Crippen LogP contribution in [0.1, 0.15) is 26.7 Å². The van der Waals surface area contributed by atoms with Crippen LogP contribution in [-0.4, -0.2) is 0 Å². The van der Waals surface area contributed by atoms with E-state index in [0.29, 0.717) is 0 Å². The molecule has 0 spiro atoms. The smallest absolute Gasteiger partial charge is 0.273 e. The van der Waals surface area contributed by atoms with Crippen molar-refractivity contribution in [1.82, 2.24) is 0 Å². The predicted octanol–water partition coefficient (Wildman–Crippen LogP) is 3.64. The molecule has 0 nitrogen and oxygen atoms in total. The van der Waals surface area contributed by atoms with E-state index < -0.39 is 0 Å². The summed E-state index contributed by atoms with van der Waals surface area (Å²) >= 11 is 0. The Kier molecular flexibility index (Phi) is 16.6. The van der Waals surface area contributed by atoms with Gasteiger partial charge in [-0.15, -0.1) is 12.8 Å². The molecule has 0 amide bonds. The maximum atomic E-state index is 2.99. The first-order chi connectivity index (χ1) is 6.00. The predicted molar refractivity (Wildman–Crippen MR) is 54.5 cm³/mol. The average molecular weight is 208 g/mol. The molecule has 0 aliphatic heterocycles. The second-order valence-corrected chi connectivity index (χ2v) is 2.01. The molecule has 2 aliphatic rings. The van der Waals surface area contributed by atoms with Gasteiger partial charge in [0.2, 0.25) is 0 Å². The van der Waals surface area contributed by atoms with Crippen molar-refractivity contribution in [2.24, 2.45) is 0 Å². The van der Waals surface area contributed by atoms with Gasteiger partial charge >= 0.3 is 21.7 Å². The minimum Gasteiger partial charge on any atom is -0.273 e. The molecule has 0 saturated carbocycles. The summed E-state index contributed by atoms with van der Waals surface area (Å²) in [5, 5.41) is 0. The molecule has 0 heterocycles. The third kappa shape index (κ3) is 11.7. The molecule has 0 bridgehead atoms. The van der Waals surface area contributed by atoms with Gasteiger partial charge in [0.05, 0.1) is 0 Å². The van der Waals surface area contributed by atoms with Crippen LogP contribution in [-0.2, 0) is 21.7 Å². The summed E-state index contributed by atoms with van der Waals surface area (Å²) < 4.78 is 0. The van der Waals surface area contributed by atoms with Crippen LogP contribution in [0.3, 0.4) is 0 Å². The van der Waals surface area contributed by atoms with E-state index in [0.717, 1.165) is 12.8 Å². The van der Waals surface area contributed by atoms with E-state index >= 15 is 0 Å². The zero-order valence-corrected chi connectivity index (χ0v) is 9.94. The number of allylic oxidation sites excluding steroid dienone is 8. The molecule has 0 unspecified atom stereocenters. The van der Waals surface area contributed by atoms with Crippen molar-refractivity contribution in [1.29, 1.82) is 0 Å². The summed E-state index contributed by atoms with van der Waals surface area (Å²) in [5.41, 5.74) is 0. The van der Waals surface area contributed by atoms with Crippen molar-refractivity contribution in [2.45, 2.75) is 26.7 Å². The molecule has 0 aromatic carbocycles. The summed E-state index contributed by atoms with van der Waals surface area (Å²) in [6.07, 6.45) is 20.0. The van der Waals surface area contributed by atoms with E-state index in [1.165, 1.54) is 0 Å². The van der Waals surface area contributed by atoms with E-state index in [-0.39, 0.29) is 21.7 Å². The van der Waals surface area contributed by atoms with Crippen molar-refractivity contribution < 1.29 is 21.7 Å². The zero-order valence-electron chi connectivity index (χ0n) is 8.38. The average Bonchev–Trinajstić information content (AvgIpc) is 2.87. The monoisotopic (exact) mass is 208 g/mol. The fourth-order valence-electron chi connectivity index (χ4n) is 0.680. The fraction of sp³-hybridized carbons (Fsp3) is 0.333. The van der Waals surface area contributed by atoms with Gasteiger partial charge in [0.25, 0.3) is 0 Å². The number of hydrogen-bond donors (Lipinski definition) is 0. The molecule has 0 aromatic rings. The molecule has 68 valence electrons. The van der Waals surface area contributed by atoms with Gasteiger partial charge in [-0.3, -0.25) is 12.2 Å². The van der Waals surface area contributed by atoms with Crippen molar-refractivity contribution in [3.05, 3.63) is 48.6 Å². The minimum absolute atomic E-state index is 0. The van der Waals surface area contributed by atoms with E-state index in [2.05, 4.69) is 24.3 Å². The van der Waals surface area contributed by atoms with Crippen LogP contribution >= 0.6 is 0 Å². The zero-order chi connectivity index (χ0) is 9.07. The molecule has 0 N–H and O–H groups in total. The molecule has 2 aliphatic carbocycles. The van der Waals surface area contributed by atoms with Gasteiger partial charge in [-0.2, -0.15) is 12.2 Å². The van der Waals surface area contributed by atoms with Crippen molar-refractivity contribution in [2.75, 3.05) is 0 Å². The van der Waals surface area contributed by atoms with E-state index in [1.807, 2.05) is 38.2 Å². The quantitative estimate of drug-likeness (QED) is 0.421. The summed E-state index contributed by atoms with van der Waals surface area (Å²) in [6.45, 7) is 4.00. The second-order valence-electron chi connectivity index (χ2n) is 2.01. The maximum absolute atomic E-state index is 2.99. The Morgan fingerprint density at radius 1 is 0.846 bits per heavy atom. The van der Waals surface area contributed by atoms with E-state index in [1.54, 1.807) is 0 Å². The topological polar surface area (TPSA) is 0 Å². The molecule has 0 fully saturated rings. The van der Waals surface area contributed by atoms with Crippen LogP contribution < -0.4 is 0 Å². The summed E-state index contributed by atoms with van der Waals surface area (Å²) in [4.78, 5) is 0. The van der Waals surface area contributed by atoms with Crippen LogP contribution in [0.4, 0.5) is 0 Å². The molecular weight excluding hydrogens is 192 g/mol. The molecule has 0 saturated heterocycles. The van der Waals surface area contributed by atoms with Crippen LogP contribution in [0, 0.1) is 12.2 Å². The first kappa shape index (κ1) is 15.2. The van der Waals surface area contributed by atoms with E-state index in [9.17, 15) is 0 Å². The van der Waals surface area contributed by atoms with Crippen LogP contribution in [0.5, 0.6) is 0 Å². The fourth-order valence-corrected chi connectivity index (χ4v) is 0.680. The Hall–Kier alpha value is -0.326. The Labute approximate surface area is 97.0 Å². The van der Waals surface area contributed by atoms with Gasteiger partial charge < -0.3 is 0 Å². The second kappa shape index (κ2) is 14.2. The molecular formula is C12H16Ti. The Morgan fingerprint density at radius 2 is 1.23 bits per heavy atom. The Bertz CT molecular complexity index is 143. The van der Waals surface area contributed by atoms with Gasteiger partial charge in [0, 0.05) is 0 Å². The van der Waals surface area contributed by atoms with Crippen LogP contribution in [0.25, 0.3) is 0 Å². The van der Waals surface area contributed by atoms with Crippen LogP contribution in [0.15, 0.2) is 36.5 Å². The van der Waals surface area contributed by atoms with Crippen molar-refractivity contribution in [3.8, 4) is 0 Å². The molecule has 2 rings (SSSR count). The molecule has 0 radical (unpaired) electrons. The number of rotatable bonds is 0. The SMILES string of the molecule is CC.[C-]1=CC=CC1.[C-]1=CC=CC1.[Ti+2]. The Morgan fingerprint density at radius 3 is 1.31 bits per heavy atom. The normalized spacial score (nSPS) is 14.0. The molecule has 0 atom stereocenters. The first-order valence-electron chi connectivity index (χ1n) is 4.43. The Balaban J connectivity index is 0. The van der Waals surface area contributed by atoms with Crippen molar-refractivity contribution in [3.63, 3.8) is 0 Å². The summed E-state index contributed by atoms with van der Waals surface area (Å²) in [7, 11) is 0. The molecule has 1 heteroatoms. The summed E-state index contributed by atoms with van der Waals surface area (Å²) in [6, 6.07) is 0. The summed E-state index contributed by atoms with van der Waals surface area (Å²) in [5.74, 6) is 0. The molecule has 13 heavy (non-hydrogen) atoms. The third-order valence-electron chi connectivity index (χ3n) is 1.17. The van der Waals surface area contributed by atoms with Crippen molar-refractivity contribution >= 4 is 0 Å². The first-order valence-corrected chi connectivity index (χ1v) is 4.43.